The van der Waals surface area contributed by atoms with Crippen molar-refractivity contribution in [1.82, 2.24) is 0 Å². The summed E-state index contributed by atoms with van der Waals surface area (Å²) in [5.41, 5.74) is 4.81. The van der Waals surface area contributed by atoms with Crippen LogP contribution in [0.3, 0.4) is 0 Å². The van der Waals surface area contributed by atoms with Gasteiger partial charge < -0.3 is 19.1 Å². The van der Waals surface area contributed by atoms with Crippen LogP contribution in [0.25, 0.3) is 0 Å². The van der Waals surface area contributed by atoms with Crippen LogP contribution in [0.15, 0.2) is 106 Å². The second-order valence-electron chi connectivity index (χ2n) is 12.0. The summed E-state index contributed by atoms with van der Waals surface area (Å²) in [6, 6.07) is 18.8. The first kappa shape index (κ1) is 37.0. The highest BCUT2D eigenvalue weighted by atomic mass is 16.5. The third-order valence-electron chi connectivity index (χ3n) is 8.15. The van der Waals surface area contributed by atoms with E-state index < -0.39 is 5.97 Å². The Morgan fingerprint density at radius 2 is 1.30 bits per heavy atom. The van der Waals surface area contributed by atoms with Gasteiger partial charge in [0, 0.05) is 31.9 Å². The summed E-state index contributed by atoms with van der Waals surface area (Å²) < 4.78 is 19.5. The second-order valence-corrected chi connectivity index (χ2v) is 12.0. The molecule has 1 heterocycles. The fraction of sp³-hybridized carbons (Fsp3) is 0.436. The molecular formula is C39H53N4O4+. The zero-order valence-electron chi connectivity index (χ0n) is 29.4. The van der Waals surface area contributed by atoms with Crippen molar-refractivity contribution in [2.24, 2.45) is 10.2 Å². The van der Waals surface area contributed by atoms with Gasteiger partial charge in [-0.25, -0.2) is 9.36 Å². The van der Waals surface area contributed by atoms with Crippen LogP contribution < -0.4 is 18.9 Å². The monoisotopic (exact) mass is 641 g/mol. The molecule has 0 saturated carbocycles. The van der Waals surface area contributed by atoms with E-state index >= 15 is 0 Å². The Morgan fingerprint density at radius 1 is 0.723 bits per heavy atom. The lowest BCUT2D eigenvalue weighted by Crippen LogP contribution is -2.35. The van der Waals surface area contributed by atoms with E-state index in [-0.39, 0.29) is 0 Å². The van der Waals surface area contributed by atoms with Crippen molar-refractivity contribution >= 4 is 17.3 Å². The summed E-state index contributed by atoms with van der Waals surface area (Å²) in [4.78, 5) is 14.9. The number of aromatic nitrogens is 1. The summed E-state index contributed by atoms with van der Waals surface area (Å²) in [6.07, 6.45) is 12.9. The van der Waals surface area contributed by atoms with Crippen molar-refractivity contribution in [1.29, 1.82) is 0 Å². The van der Waals surface area contributed by atoms with Gasteiger partial charge in [-0.2, -0.15) is 10.2 Å². The van der Waals surface area contributed by atoms with Crippen LogP contribution in [0.4, 0.5) is 11.4 Å². The minimum Gasteiger partial charge on any atom is -0.494 e. The van der Waals surface area contributed by atoms with E-state index in [1.165, 1.54) is 38.5 Å². The van der Waals surface area contributed by atoms with Crippen molar-refractivity contribution in [3.8, 4) is 11.5 Å². The number of carbonyl (C=O) groups excluding carboxylic acids is 1. The number of azo groups is 1. The number of allylic oxidation sites excluding steroid dienone is 4. The van der Waals surface area contributed by atoms with Crippen molar-refractivity contribution < 1.29 is 23.6 Å². The van der Waals surface area contributed by atoms with Crippen LogP contribution in [-0.2, 0) is 11.3 Å². The maximum absolute atomic E-state index is 12.9. The molecule has 0 fully saturated rings. The first-order chi connectivity index (χ1) is 22.7. The van der Waals surface area contributed by atoms with E-state index in [2.05, 4.69) is 38.8 Å². The summed E-state index contributed by atoms with van der Waals surface area (Å²) in [6.45, 7) is 11.7. The van der Waals surface area contributed by atoms with Gasteiger partial charge >= 0.3 is 5.97 Å². The Bertz CT molecular complexity index is 1470. The average Bonchev–Trinajstić information content (AvgIpc) is 3.08. The lowest BCUT2D eigenvalue weighted by Gasteiger charge is -2.11. The molecule has 0 unspecified atom stereocenters. The molecular weight excluding hydrogens is 588 g/mol. The average molecular weight is 642 g/mol. The molecule has 3 rings (SSSR count). The zero-order chi connectivity index (χ0) is 34.0. The molecule has 0 aliphatic rings. The summed E-state index contributed by atoms with van der Waals surface area (Å²) in [5, 5.41) is 8.80. The number of esters is 1. The molecule has 252 valence electrons. The Kier molecular flexibility index (Phi) is 15.7. The summed E-state index contributed by atoms with van der Waals surface area (Å²) >= 11 is 0. The van der Waals surface area contributed by atoms with Gasteiger partial charge in [-0.15, -0.1) is 0 Å². The topological polar surface area (TPSA) is 76.6 Å². The maximum atomic E-state index is 12.9. The number of anilines is 1. The number of rotatable bonds is 19. The predicted molar refractivity (Wildman–Crippen MR) is 190 cm³/mol. The van der Waals surface area contributed by atoms with Crippen molar-refractivity contribution in [3.63, 3.8) is 0 Å². The molecule has 2 aromatic carbocycles. The van der Waals surface area contributed by atoms with Gasteiger partial charge in [0.15, 0.2) is 18.9 Å². The molecule has 0 N–H and O–H groups in total. The van der Waals surface area contributed by atoms with E-state index in [4.69, 9.17) is 14.2 Å². The first-order valence-corrected chi connectivity index (χ1v) is 16.8. The molecule has 1 aromatic heterocycles. The molecule has 0 saturated heterocycles. The van der Waals surface area contributed by atoms with E-state index in [0.29, 0.717) is 30.2 Å². The number of ether oxygens (including phenoxy) is 3. The van der Waals surface area contributed by atoms with Crippen molar-refractivity contribution in [2.75, 3.05) is 32.2 Å². The van der Waals surface area contributed by atoms with Gasteiger partial charge in [0.25, 0.3) is 0 Å². The van der Waals surface area contributed by atoms with Crippen LogP contribution in [-0.4, -0.2) is 33.3 Å². The van der Waals surface area contributed by atoms with E-state index in [0.717, 1.165) is 47.0 Å². The van der Waals surface area contributed by atoms with Crippen molar-refractivity contribution in [3.05, 3.63) is 101 Å². The normalized spacial score (nSPS) is 12.4. The smallest absolute Gasteiger partial charge is 0.343 e. The molecule has 47 heavy (non-hydrogen) atoms. The standard InChI is InChI=1S/C39H53N4O4/c1-8-9-10-11-12-13-14-28-45-38-21-17-35(18-22-38)41-40-32(4)30(2)31(3)33(5)47-39(44)34-15-19-37(20-16-34)46-29-27-43-25-23-36(24-26-43)42(6)7/h15-26H,8-14,27-29H2,1-7H3/q+1/b32-30+,33-31+,41-40+. The summed E-state index contributed by atoms with van der Waals surface area (Å²) in [7, 11) is 4.04. The molecule has 3 aromatic rings. The number of pyridine rings is 1. The molecule has 0 aliphatic carbocycles. The fourth-order valence-electron chi connectivity index (χ4n) is 4.73. The van der Waals surface area contributed by atoms with Crippen LogP contribution in [0.5, 0.6) is 11.5 Å². The van der Waals surface area contributed by atoms with E-state index in [9.17, 15) is 4.79 Å². The Labute approximate surface area is 281 Å². The van der Waals surface area contributed by atoms with Crippen LogP contribution in [0.2, 0.25) is 0 Å². The minimum absolute atomic E-state index is 0.425. The fourth-order valence-corrected chi connectivity index (χ4v) is 4.73. The van der Waals surface area contributed by atoms with Crippen LogP contribution in [0.1, 0.15) is 89.9 Å². The molecule has 0 amide bonds. The Balaban J connectivity index is 1.45. The van der Waals surface area contributed by atoms with Gasteiger partial charge in [0.2, 0.25) is 0 Å². The largest absolute Gasteiger partial charge is 0.494 e. The van der Waals surface area contributed by atoms with E-state index in [1.807, 2.05) is 71.5 Å². The van der Waals surface area contributed by atoms with Crippen molar-refractivity contribution in [2.45, 2.75) is 86.1 Å². The number of carbonyl (C=O) groups is 1. The highest BCUT2D eigenvalue weighted by molar-refractivity contribution is 5.90. The first-order valence-electron chi connectivity index (χ1n) is 16.8. The molecule has 0 atom stereocenters. The number of nitrogens with zero attached hydrogens (tertiary/aromatic N) is 4. The van der Waals surface area contributed by atoms with Gasteiger partial charge in [0.05, 0.1) is 23.6 Å². The molecule has 0 spiro atoms. The lowest BCUT2D eigenvalue weighted by molar-refractivity contribution is -0.697. The zero-order valence-corrected chi connectivity index (χ0v) is 29.4. The highest BCUT2D eigenvalue weighted by Crippen LogP contribution is 2.24. The minimum atomic E-state index is -0.425. The molecule has 8 nitrogen and oxygen atoms in total. The quantitative estimate of drug-likeness (QED) is 0.0325. The third kappa shape index (κ3) is 13.1. The van der Waals surface area contributed by atoms with Gasteiger partial charge in [-0.1, -0.05) is 45.4 Å². The summed E-state index contributed by atoms with van der Waals surface area (Å²) in [5.74, 6) is 1.63. The van der Waals surface area contributed by atoms with Crippen LogP contribution in [0, 0.1) is 0 Å². The number of hydrogen-bond donors (Lipinski definition) is 0. The number of benzene rings is 2. The molecule has 0 aliphatic heterocycles. The van der Waals surface area contributed by atoms with E-state index in [1.54, 1.807) is 31.2 Å². The molecule has 0 bridgehead atoms. The second kappa shape index (κ2) is 19.9. The molecule has 0 radical (unpaired) electrons. The predicted octanol–water partition coefficient (Wildman–Crippen LogP) is 9.78. The maximum Gasteiger partial charge on any atom is 0.343 e. The van der Waals surface area contributed by atoms with Gasteiger partial charge in [-0.3, -0.25) is 0 Å². The third-order valence-corrected chi connectivity index (χ3v) is 8.15. The Hall–Kier alpha value is -4.46. The SMILES string of the molecule is CCCCCCCCCOc1ccc(/N=N/C(C)=C(C)/C(C)=C(\C)OC(=O)c2ccc(OCC[n+]3ccc(N(C)C)cc3)cc2)cc1. The van der Waals surface area contributed by atoms with Gasteiger partial charge in [0.1, 0.15) is 23.9 Å². The Morgan fingerprint density at radius 3 is 1.91 bits per heavy atom. The van der Waals surface area contributed by atoms with Crippen LogP contribution >= 0.6 is 0 Å². The molecule has 8 heteroatoms. The van der Waals surface area contributed by atoms with Gasteiger partial charge in [-0.05, 0) is 93.8 Å². The lowest BCUT2D eigenvalue weighted by atomic mass is 10.1. The number of hydrogen-bond acceptors (Lipinski definition) is 7. The highest BCUT2D eigenvalue weighted by Gasteiger charge is 2.12. The number of unbranched alkanes of at least 4 members (excludes halogenated alkanes) is 6.